The summed E-state index contributed by atoms with van der Waals surface area (Å²) in [5.74, 6) is 0. The van der Waals surface area contributed by atoms with Crippen LogP contribution in [0.15, 0.2) is 30.7 Å². The molecule has 0 aliphatic carbocycles. The third-order valence-electron chi connectivity index (χ3n) is 4.31. The van der Waals surface area contributed by atoms with E-state index in [1.165, 1.54) is 0 Å². The van der Waals surface area contributed by atoms with Crippen molar-refractivity contribution in [3.05, 3.63) is 41.3 Å². The fourth-order valence-electron chi connectivity index (χ4n) is 2.62. The lowest BCUT2D eigenvalue weighted by Gasteiger charge is -2.33. The lowest BCUT2D eigenvalue weighted by Crippen LogP contribution is -2.40. The molecule has 108 valence electrons. The van der Waals surface area contributed by atoms with E-state index in [0.717, 1.165) is 34.7 Å². The highest BCUT2D eigenvalue weighted by Crippen LogP contribution is 2.32. The van der Waals surface area contributed by atoms with Crippen molar-refractivity contribution in [3.8, 4) is 11.3 Å². The number of benzene rings is 1. The van der Waals surface area contributed by atoms with E-state index in [-0.39, 0.29) is 5.54 Å². The summed E-state index contributed by atoms with van der Waals surface area (Å²) >= 11 is 6.24. The average Bonchev–Trinajstić information content (AvgIpc) is 2.95. The van der Waals surface area contributed by atoms with Crippen LogP contribution in [0, 0.1) is 6.92 Å². The van der Waals surface area contributed by atoms with Crippen molar-refractivity contribution < 1.29 is 0 Å². The average molecular weight is 292 g/mol. The number of halogens is 1. The van der Waals surface area contributed by atoms with Crippen LogP contribution in [0.2, 0.25) is 5.02 Å². The SMILES string of the molecule is CCC(CC)(CN)n1cncc1-c1ccc(C)c(Cl)c1. The monoisotopic (exact) mass is 291 g/mol. The Kier molecular flexibility index (Phi) is 4.51. The molecule has 0 saturated carbocycles. The fourth-order valence-corrected chi connectivity index (χ4v) is 2.80. The van der Waals surface area contributed by atoms with Crippen LogP contribution in [0.3, 0.4) is 0 Å². The van der Waals surface area contributed by atoms with Gasteiger partial charge in [0.25, 0.3) is 0 Å². The van der Waals surface area contributed by atoms with Crippen LogP contribution in [0.4, 0.5) is 0 Å². The zero-order chi connectivity index (χ0) is 14.8. The van der Waals surface area contributed by atoms with Crippen LogP contribution in [0.5, 0.6) is 0 Å². The zero-order valence-electron chi connectivity index (χ0n) is 12.4. The van der Waals surface area contributed by atoms with Crippen LogP contribution >= 0.6 is 11.6 Å². The minimum atomic E-state index is -0.0802. The molecule has 0 fully saturated rings. The van der Waals surface area contributed by atoms with Gasteiger partial charge < -0.3 is 10.3 Å². The molecule has 1 aromatic carbocycles. The van der Waals surface area contributed by atoms with Gasteiger partial charge in [-0.15, -0.1) is 0 Å². The van der Waals surface area contributed by atoms with Gasteiger partial charge in [0.2, 0.25) is 0 Å². The van der Waals surface area contributed by atoms with Crippen molar-refractivity contribution in [2.75, 3.05) is 6.54 Å². The van der Waals surface area contributed by atoms with Gasteiger partial charge in [-0.3, -0.25) is 0 Å². The summed E-state index contributed by atoms with van der Waals surface area (Å²) in [6, 6.07) is 6.12. The van der Waals surface area contributed by atoms with Crippen molar-refractivity contribution in [3.63, 3.8) is 0 Å². The Morgan fingerprint density at radius 1 is 1.30 bits per heavy atom. The van der Waals surface area contributed by atoms with Gasteiger partial charge in [0.15, 0.2) is 0 Å². The van der Waals surface area contributed by atoms with Gasteiger partial charge in [-0.25, -0.2) is 4.98 Å². The summed E-state index contributed by atoms with van der Waals surface area (Å²) in [7, 11) is 0. The second-order valence-corrected chi connectivity index (χ2v) is 5.66. The second-order valence-electron chi connectivity index (χ2n) is 5.25. The Morgan fingerprint density at radius 2 is 2.00 bits per heavy atom. The first kappa shape index (κ1) is 15.1. The van der Waals surface area contributed by atoms with E-state index in [1.807, 2.05) is 31.6 Å². The molecule has 2 aromatic rings. The molecule has 4 heteroatoms. The molecule has 0 atom stereocenters. The van der Waals surface area contributed by atoms with E-state index >= 15 is 0 Å². The first-order chi connectivity index (χ1) is 9.57. The Hall–Kier alpha value is -1.32. The molecule has 0 amide bonds. The molecule has 0 saturated heterocycles. The van der Waals surface area contributed by atoms with E-state index in [1.54, 1.807) is 0 Å². The lowest BCUT2D eigenvalue weighted by atomic mass is 9.91. The number of aryl methyl sites for hydroxylation is 1. The van der Waals surface area contributed by atoms with E-state index < -0.39 is 0 Å². The second kappa shape index (κ2) is 5.98. The van der Waals surface area contributed by atoms with E-state index in [9.17, 15) is 0 Å². The maximum absolute atomic E-state index is 6.24. The predicted octanol–water partition coefficient (Wildman–Crippen LogP) is 3.99. The molecule has 0 bridgehead atoms. The molecular formula is C16H22ClN3. The normalized spacial score (nSPS) is 11.8. The van der Waals surface area contributed by atoms with Crippen LogP contribution < -0.4 is 5.73 Å². The molecule has 0 radical (unpaired) electrons. The summed E-state index contributed by atoms with van der Waals surface area (Å²) in [6.45, 7) is 6.94. The number of aromatic nitrogens is 2. The van der Waals surface area contributed by atoms with Crippen molar-refractivity contribution in [1.82, 2.24) is 9.55 Å². The molecule has 3 nitrogen and oxygen atoms in total. The number of nitrogens with zero attached hydrogens (tertiary/aromatic N) is 2. The largest absolute Gasteiger partial charge is 0.328 e. The molecule has 2 rings (SSSR count). The summed E-state index contributed by atoms with van der Waals surface area (Å²) < 4.78 is 2.20. The van der Waals surface area contributed by atoms with Gasteiger partial charge in [-0.1, -0.05) is 37.6 Å². The molecule has 0 unspecified atom stereocenters. The molecule has 0 aliphatic heterocycles. The van der Waals surface area contributed by atoms with Gasteiger partial charge >= 0.3 is 0 Å². The van der Waals surface area contributed by atoms with E-state index in [2.05, 4.69) is 29.5 Å². The standard InChI is InChI=1S/C16H22ClN3/c1-4-16(5-2,10-18)20-11-19-9-15(20)13-7-6-12(3)14(17)8-13/h6-9,11H,4-5,10,18H2,1-3H3. The molecule has 1 heterocycles. The van der Waals surface area contributed by atoms with Crippen LogP contribution in [-0.4, -0.2) is 16.1 Å². The number of hydrogen-bond donors (Lipinski definition) is 1. The van der Waals surface area contributed by atoms with Crippen molar-refractivity contribution in [1.29, 1.82) is 0 Å². The topological polar surface area (TPSA) is 43.8 Å². The summed E-state index contributed by atoms with van der Waals surface area (Å²) in [5, 5.41) is 0.779. The minimum absolute atomic E-state index is 0.0802. The Labute approximate surface area is 125 Å². The quantitative estimate of drug-likeness (QED) is 0.905. The number of hydrogen-bond acceptors (Lipinski definition) is 2. The highest BCUT2D eigenvalue weighted by Gasteiger charge is 2.28. The van der Waals surface area contributed by atoms with E-state index in [0.29, 0.717) is 6.54 Å². The third kappa shape index (κ3) is 2.48. The zero-order valence-corrected chi connectivity index (χ0v) is 13.1. The first-order valence-electron chi connectivity index (χ1n) is 7.07. The van der Waals surface area contributed by atoms with Crippen molar-refractivity contribution in [2.24, 2.45) is 5.73 Å². The molecule has 2 N–H and O–H groups in total. The van der Waals surface area contributed by atoms with Gasteiger partial charge in [-0.05, 0) is 31.4 Å². The number of nitrogens with two attached hydrogens (primary N) is 1. The molecule has 1 aromatic heterocycles. The van der Waals surface area contributed by atoms with Gasteiger partial charge in [0, 0.05) is 17.1 Å². The lowest BCUT2D eigenvalue weighted by molar-refractivity contribution is 0.274. The predicted molar refractivity (Wildman–Crippen MR) is 85.0 cm³/mol. The maximum atomic E-state index is 6.24. The summed E-state index contributed by atoms with van der Waals surface area (Å²) in [4.78, 5) is 4.32. The van der Waals surface area contributed by atoms with Crippen LogP contribution in [0.1, 0.15) is 32.3 Å². The van der Waals surface area contributed by atoms with Gasteiger partial charge in [0.1, 0.15) is 0 Å². The Morgan fingerprint density at radius 3 is 2.55 bits per heavy atom. The van der Waals surface area contributed by atoms with Gasteiger partial charge in [-0.2, -0.15) is 0 Å². The maximum Gasteiger partial charge on any atom is 0.0956 e. The molecule has 0 spiro atoms. The van der Waals surface area contributed by atoms with Crippen LogP contribution in [-0.2, 0) is 5.54 Å². The smallest absolute Gasteiger partial charge is 0.0956 e. The fraction of sp³-hybridized carbons (Fsp3) is 0.438. The molecule has 20 heavy (non-hydrogen) atoms. The Balaban J connectivity index is 2.54. The van der Waals surface area contributed by atoms with Crippen LogP contribution in [0.25, 0.3) is 11.3 Å². The first-order valence-corrected chi connectivity index (χ1v) is 7.45. The van der Waals surface area contributed by atoms with Crippen molar-refractivity contribution >= 4 is 11.6 Å². The third-order valence-corrected chi connectivity index (χ3v) is 4.72. The number of imidazole rings is 1. The highest BCUT2D eigenvalue weighted by atomic mass is 35.5. The highest BCUT2D eigenvalue weighted by molar-refractivity contribution is 6.31. The van der Waals surface area contributed by atoms with E-state index in [4.69, 9.17) is 17.3 Å². The van der Waals surface area contributed by atoms with Gasteiger partial charge in [0.05, 0.1) is 23.8 Å². The minimum Gasteiger partial charge on any atom is -0.328 e. The molecular weight excluding hydrogens is 270 g/mol. The summed E-state index contributed by atoms with van der Waals surface area (Å²) in [6.07, 6.45) is 5.71. The summed E-state index contributed by atoms with van der Waals surface area (Å²) in [5.41, 5.74) is 9.20. The Bertz CT molecular complexity index is 577. The molecule has 0 aliphatic rings. The van der Waals surface area contributed by atoms with Crippen molar-refractivity contribution in [2.45, 2.75) is 39.2 Å². The number of rotatable bonds is 5.